The summed E-state index contributed by atoms with van der Waals surface area (Å²) in [5.74, 6) is -0.874. The van der Waals surface area contributed by atoms with Crippen molar-refractivity contribution >= 4 is 35.0 Å². The first-order valence-corrected chi connectivity index (χ1v) is 6.35. The maximum absolute atomic E-state index is 11.2. The van der Waals surface area contributed by atoms with Gasteiger partial charge >= 0.3 is 5.97 Å². The van der Waals surface area contributed by atoms with Crippen molar-refractivity contribution in [2.24, 2.45) is 0 Å². The van der Waals surface area contributed by atoms with Gasteiger partial charge in [-0.15, -0.1) is 11.8 Å². The van der Waals surface area contributed by atoms with E-state index in [9.17, 15) is 9.59 Å². The third-order valence-electron chi connectivity index (χ3n) is 1.53. The van der Waals surface area contributed by atoms with Crippen LogP contribution in [0, 0.1) is 0 Å². The smallest absolute Gasteiger partial charge is 0.313 e. The maximum atomic E-state index is 11.2. The molecule has 4 nitrogen and oxygen atoms in total. The fourth-order valence-corrected chi connectivity index (χ4v) is 2.11. The van der Waals surface area contributed by atoms with Gasteiger partial charge in [0.2, 0.25) is 5.91 Å². The van der Waals surface area contributed by atoms with Crippen molar-refractivity contribution in [3.8, 4) is 0 Å². The maximum Gasteiger partial charge on any atom is 0.313 e. The molecule has 6 heteroatoms. The topological polar surface area (TPSA) is 66.4 Å². The number of aliphatic carboxylic acids is 1. The van der Waals surface area contributed by atoms with E-state index in [1.54, 1.807) is 11.3 Å². The second kappa shape index (κ2) is 6.47. The number of carbonyl (C=O) groups excluding carboxylic acids is 1. The first-order valence-electron chi connectivity index (χ1n) is 4.26. The fourth-order valence-electron chi connectivity index (χ4n) is 0.876. The van der Waals surface area contributed by atoms with E-state index >= 15 is 0 Å². The third-order valence-corrected chi connectivity index (χ3v) is 3.18. The summed E-state index contributed by atoms with van der Waals surface area (Å²) in [6, 6.07) is 1.94. The summed E-state index contributed by atoms with van der Waals surface area (Å²) in [5.41, 5.74) is 1.07. The summed E-state index contributed by atoms with van der Waals surface area (Å²) < 4.78 is 0. The molecule has 0 aromatic carbocycles. The summed E-state index contributed by atoms with van der Waals surface area (Å²) in [5, 5.41) is 15.0. The SMILES string of the molecule is O=C(O)CSCC(=O)NCc1ccsc1. The molecular formula is C9H11NO3S2. The van der Waals surface area contributed by atoms with E-state index in [2.05, 4.69) is 5.32 Å². The monoisotopic (exact) mass is 245 g/mol. The number of carbonyl (C=O) groups is 2. The van der Waals surface area contributed by atoms with Crippen molar-refractivity contribution in [2.75, 3.05) is 11.5 Å². The molecule has 0 atom stereocenters. The number of amides is 1. The zero-order valence-electron chi connectivity index (χ0n) is 7.93. The van der Waals surface area contributed by atoms with Gasteiger partial charge in [-0.05, 0) is 22.4 Å². The molecule has 1 heterocycles. The highest BCUT2D eigenvalue weighted by Crippen LogP contribution is 2.05. The molecule has 82 valence electrons. The van der Waals surface area contributed by atoms with Crippen LogP contribution >= 0.6 is 23.1 Å². The van der Waals surface area contributed by atoms with Gasteiger partial charge in [-0.25, -0.2) is 0 Å². The first kappa shape index (κ1) is 12.1. The van der Waals surface area contributed by atoms with E-state index in [0.717, 1.165) is 17.3 Å². The summed E-state index contributed by atoms with van der Waals surface area (Å²) in [7, 11) is 0. The highest BCUT2D eigenvalue weighted by Gasteiger charge is 2.03. The molecule has 0 fully saturated rings. The molecule has 0 radical (unpaired) electrons. The molecule has 0 unspecified atom stereocenters. The van der Waals surface area contributed by atoms with Crippen LogP contribution < -0.4 is 5.32 Å². The van der Waals surface area contributed by atoms with E-state index in [1.165, 1.54) is 0 Å². The first-order chi connectivity index (χ1) is 7.18. The van der Waals surface area contributed by atoms with Gasteiger partial charge in [0.1, 0.15) is 0 Å². The summed E-state index contributed by atoms with van der Waals surface area (Å²) in [6.45, 7) is 0.510. The number of hydrogen-bond donors (Lipinski definition) is 2. The molecule has 15 heavy (non-hydrogen) atoms. The minimum absolute atomic E-state index is 0.0358. The van der Waals surface area contributed by atoms with Gasteiger partial charge in [-0.1, -0.05) is 0 Å². The van der Waals surface area contributed by atoms with Gasteiger partial charge in [0.05, 0.1) is 11.5 Å². The van der Waals surface area contributed by atoms with E-state index < -0.39 is 5.97 Å². The number of hydrogen-bond acceptors (Lipinski definition) is 4. The van der Waals surface area contributed by atoms with Crippen LogP contribution in [0.5, 0.6) is 0 Å². The van der Waals surface area contributed by atoms with Gasteiger partial charge in [0.15, 0.2) is 0 Å². The lowest BCUT2D eigenvalue weighted by Crippen LogP contribution is -2.24. The van der Waals surface area contributed by atoms with Crippen LogP contribution in [0.25, 0.3) is 0 Å². The molecule has 1 aromatic rings. The van der Waals surface area contributed by atoms with Gasteiger partial charge in [-0.2, -0.15) is 11.3 Å². The predicted molar refractivity (Wildman–Crippen MR) is 61.1 cm³/mol. The van der Waals surface area contributed by atoms with Gasteiger partial charge in [0, 0.05) is 6.54 Å². The molecule has 0 bridgehead atoms. The van der Waals surface area contributed by atoms with E-state index in [1.807, 2.05) is 16.8 Å². The molecule has 1 aromatic heterocycles. The molecule has 1 rings (SSSR count). The van der Waals surface area contributed by atoms with Crippen molar-refractivity contribution in [2.45, 2.75) is 6.54 Å². The van der Waals surface area contributed by atoms with Crippen molar-refractivity contribution < 1.29 is 14.7 Å². The van der Waals surface area contributed by atoms with Crippen LogP contribution in [-0.4, -0.2) is 28.5 Å². The Labute approximate surface area is 95.7 Å². The summed E-state index contributed by atoms with van der Waals surface area (Å²) >= 11 is 2.68. The Morgan fingerprint density at radius 2 is 2.27 bits per heavy atom. The van der Waals surface area contributed by atoms with Crippen LogP contribution in [0.1, 0.15) is 5.56 Å². The van der Waals surface area contributed by atoms with Crippen molar-refractivity contribution in [1.29, 1.82) is 0 Å². The van der Waals surface area contributed by atoms with Crippen molar-refractivity contribution in [3.63, 3.8) is 0 Å². The zero-order chi connectivity index (χ0) is 11.1. The fraction of sp³-hybridized carbons (Fsp3) is 0.333. The van der Waals surface area contributed by atoms with Crippen molar-refractivity contribution in [3.05, 3.63) is 22.4 Å². The molecule has 0 saturated heterocycles. The van der Waals surface area contributed by atoms with Crippen LogP contribution in [0.4, 0.5) is 0 Å². The highest BCUT2D eigenvalue weighted by molar-refractivity contribution is 8.00. The Morgan fingerprint density at radius 1 is 1.47 bits per heavy atom. The molecule has 2 N–H and O–H groups in total. The number of thioether (sulfide) groups is 1. The molecule has 1 amide bonds. The second-order valence-corrected chi connectivity index (χ2v) is 4.56. The second-order valence-electron chi connectivity index (χ2n) is 2.79. The quantitative estimate of drug-likeness (QED) is 0.790. The van der Waals surface area contributed by atoms with Gasteiger partial charge < -0.3 is 10.4 Å². The average molecular weight is 245 g/mol. The predicted octanol–water partition coefficient (Wildman–Crippen LogP) is 1.18. The van der Waals surface area contributed by atoms with Crippen LogP contribution in [0.15, 0.2) is 16.8 Å². The number of thiophene rings is 1. The lowest BCUT2D eigenvalue weighted by molar-refractivity contribution is -0.133. The molecule has 0 saturated carbocycles. The minimum atomic E-state index is -0.898. The van der Waals surface area contributed by atoms with E-state index in [4.69, 9.17) is 5.11 Å². The summed E-state index contributed by atoms with van der Waals surface area (Å²) in [4.78, 5) is 21.4. The van der Waals surface area contributed by atoms with Crippen molar-refractivity contribution in [1.82, 2.24) is 5.32 Å². The zero-order valence-corrected chi connectivity index (χ0v) is 9.57. The Kier molecular flexibility index (Phi) is 5.20. The molecule has 0 aliphatic rings. The Balaban J connectivity index is 2.11. The largest absolute Gasteiger partial charge is 0.481 e. The number of nitrogens with one attached hydrogen (secondary N) is 1. The molecular weight excluding hydrogens is 234 g/mol. The normalized spacial score (nSPS) is 9.87. The highest BCUT2D eigenvalue weighted by atomic mass is 32.2. The van der Waals surface area contributed by atoms with Gasteiger partial charge in [-0.3, -0.25) is 9.59 Å². The van der Waals surface area contributed by atoms with E-state index in [-0.39, 0.29) is 17.4 Å². The molecule has 0 spiro atoms. The standard InChI is InChI=1S/C9H11NO3S2/c11-8(5-15-6-9(12)13)10-3-7-1-2-14-4-7/h1-2,4H,3,5-6H2,(H,10,11)(H,12,13). The average Bonchev–Trinajstić information content (AvgIpc) is 2.66. The van der Waals surface area contributed by atoms with E-state index in [0.29, 0.717) is 6.54 Å². The Hall–Kier alpha value is -1.01. The number of rotatable bonds is 6. The molecule has 0 aliphatic heterocycles. The minimum Gasteiger partial charge on any atom is -0.481 e. The lowest BCUT2D eigenvalue weighted by Gasteiger charge is -2.02. The lowest BCUT2D eigenvalue weighted by atomic mass is 10.3. The van der Waals surface area contributed by atoms with Gasteiger partial charge in [0.25, 0.3) is 0 Å². The Morgan fingerprint density at radius 3 is 2.87 bits per heavy atom. The number of carboxylic acid groups (broad SMARTS) is 1. The Bertz CT molecular complexity index is 324. The van der Waals surface area contributed by atoms with Crippen LogP contribution in [0.2, 0.25) is 0 Å². The van der Waals surface area contributed by atoms with Crippen LogP contribution in [-0.2, 0) is 16.1 Å². The number of carboxylic acids is 1. The van der Waals surface area contributed by atoms with Crippen LogP contribution in [0.3, 0.4) is 0 Å². The molecule has 0 aliphatic carbocycles. The summed E-state index contributed by atoms with van der Waals surface area (Å²) in [6.07, 6.45) is 0. The third kappa shape index (κ3) is 5.44.